The fourth-order valence-electron chi connectivity index (χ4n) is 1.20. The third-order valence-electron chi connectivity index (χ3n) is 1.78. The monoisotopic (exact) mass is 195 g/mol. The van der Waals surface area contributed by atoms with E-state index in [0.29, 0.717) is 0 Å². The predicted octanol–water partition coefficient (Wildman–Crippen LogP) is 1.80. The van der Waals surface area contributed by atoms with Crippen LogP contribution in [0.4, 0.5) is 0 Å². The zero-order valence-electron chi connectivity index (χ0n) is 7.15. The minimum atomic E-state index is -0.0114. The van der Waals surface area contributed by atoms with E-state index >= 15 is 0 Å². The highest BCUT2D eigenvalue weighted by atomic mass is 32.1. The number of hydrogen-bond donors (Lipinski definition) is 1. The Labute approximate surface area is 79.6 Å². The lowest BCUT2D eigenvalue weighted by Gasteiger charge is -1.97. The van der Waals surface area contributed by atoms with E-state index in [4.69, 9.17) is 9.84 Å². The summed E-state index contributed by atoms with van der Waals surface area (Å²) in [4.78, 5) is 4.25. The van der Waals surface area contributed by atoms with Crippen LogP contribution in [0.25, 0.3) is 10.2 Å². The van der Waals surface area contributed by atoms with E-state index < -0.39 is 0 Å². The number of fused-ring (bicyclic) bond motifs is 1. The summed E-state index contributed by atoms with van der Waals surface area (Å²) in [6.45, 7) is -0.0114. The number of aliphatic hydroxyl groups excluding tert-OH is 1. The fraction of sp³-hybridized carbons (Fsp3) is 0.222. The van der Waals surface area contributed by atoms with Crippen LogP contribution < -0.4 is 4.74 Å². The third kappa shape index (κ3) is 1.38. The summed E-state index contributed by atoms with van der Waals surface area (Å²) in [5.41, 5.74) is 0.832. The molecule has 0 atom stereocenters. The van der Waals surface area contributed by atoms with Gasteiger partial charge in [-0.25, -0.2) is 4.98 Å². The number of thiazole rings is 1. The van der Waals surface area contributed by atoms with Crippen LogP contribution in [0.2, 0.25) is 0 Å². The maximum Gasteiger partial charge on any atom is 0.145 e. The molecule has 1 N–H and O–H groups in total. The van der Waals surface area contributed by atoms with Crippen LogP contribution in [0.1, 0.15) is 5.01 Å². The molecule has 68 valence electrons. The molecule has 0 spiro atoms. The Morgan fingerprint density at radius 1 is 1.54 bits per heavy atom. The van der Waals surface area contributed by atoms with Crippen LogP contribution in [0.15, 0.2) is 18.2 Å². The highest BCUT2D eigenvalue weighted by Crippen LogP contribution is 2.29. The lowest BCUT2D eigenvalue weighted by molar-refractivity contribution is 0.281. The van der Waals surface area contributed by atoms with Gasteiger partial charge in [-0.2, -0.15) is 0 Å². The van der Waals surface area contributed by atoms with E-state index in [1.165, 1.54) is 11.3 Å². The van der Waals surface area contributed by atoms with Crippen molar-refractivity contribution in [3.05, 3.63) is 23.2 Å². The maximum atomic E-state index is 8.91. The number of benzene rings is 1. The van der Waals surface area contributed by atoms with Gasteiger partial charge in [-0.3, -0.25) is 0 Å². The molecule has 0 fully saturated rings. The highest BCUT2D eigenvalue weighted by molar-refractivity contribution is 7.18. The van der Waals surface area contributed by atoms with Crippen molar-refractivity contribution in [2.45, 2.75) is 6.61 Å². The number of ether oxygens (including phenoxy) is 1. The number of para-hydroxylation sites is 1. The van der Waals surface area contributed by atoms with Gasteiger partial charge in [0.2, 0.25) is 0 Å². The van der Waals surface area contributed by atoms with E-state index in [1.54, 1.807) is 7.11 Å². The minimum Gasteiger partial charge on any atom is -0.494 e. The van der Waals surface area contributed by atoms with Crippen LogP contribution >= 0.6 is 11.3 Å². The molecule has 0 aliphatic carbocycles. The molecule has 1 aromatic heterocycles. The molecule has 0 amide bonds. The average Bonchev–Trinajstić information content (AvgIpc) is 2.59. The Balaban J connectivity index is 2.67. The van der Waals surface area contributed by atoms with E-state index in [1.807, 2.05) is 18.2 Å². The second-order valence-corrected chi connectivity index (χ2v) is 3.69. The van der Waals surface area contributed by atoms with Gasteiger partial charge in [0, 0.05) is 0 Å². The number of methoxy groups -OCH3 is 1. The molecule has 0 aliphatic rings. The fourth-order valence-corrected chi connectivity index (χ4v) is 2.05. The molecule has 0 bridgehead atoms. The molecule has 0 radical (unpaired) electrons. The Hall–Kier alpha value is -1.13. The number of nitrogens with zero attached hydrogens (tertiary/aromatic N) is 1. The average molecular weight is 195 g/mol. The van der Waals surface area contributed by atoms with Crippen molar-refractivity contribution in [3.8, 4) is 5.75 Å². The van der Waals surface area contributed by atoms with Gasteiger partial charge in [-0.05, 0) is 12.1 Å². The summed E-state index contributed by atoms with van der Waals surface area (Å²) in [5.74, 6) is 0.758. The van der Waals surface area contributed by atoms with Gasteiger partial charge in [0.15, 0.2) is 0 Å². The maximum absolute atomic E-state index is 8.91. The lowest BCUT2D eigenvalue weighted by atomic mass is 10.3. The molecular formula is C9H9NO2S. The molecule has 0 saturated heterocycles. The summed E-state index contributed by atoms with van der Waals surface area (Å²) < 4.78 is 6.19. The van der Waals surface area contributed by atoms with Gasteiger partial charge in [0.05, 0.1) is 18.4 Å². The van der Waals surface area contributed by atoms with Crippen molar-refractivity contribution in [1.29, 1.82) is 0 Å². The van der Waals surface area contributed by atoms with Crippen LogP contribution in [-0.4, -0.2) is 17.2 Å². The Bertz CT molecular complexity index is 424. The van der Waals surface area contributed by atoms with Crippen molar-refractivity contribution < 1.29 is 9.84 Å². The molecule has 1 heterocycles. The van der Waals surface area contributed by atoms with Gasteiger partial charge < -0.3 is 9.84 Å². The second-order valence-electron chi connectivity index (χ2n) is 2.57. The molecule has 2 rings (SSSR count). The quantitative estimate of drug-likeness (QED) is 0.794. The molecule has 4 heteroatoms. The summed E-state index contributed by atoms with van der Waals surface area (Å²) in [7, 11) is 1.62. The number of aromatic nitrogens is 1. The summed E-state index contributed by atoms with van der Waals surface area (Å²) in [5, 5.41) is 9.63. The smallest absolute Gasteiger partial charge is 0.145 e. The highest BCUT2D eigenvalue weighted by Gasteiger charge is 2.06. The van der Waals surface area contributed by atoms with E-state index in [0.717, 1.165) is 21.0 Å². The molecule has 0 saturated carbocycles. The first-order chi connectivity index (χ1) is 6.35. The number of rotatable bonds is 2. The van der Waals surface area contributed by atoms with Crippen molar-refractivity contribution in [2.24, 2.45) is 0 Å². The normalized spacial score (nSPS) is 10.6. The number of hydrogen-bond acceptors (Lipinski definition) is 4. The first-order valence-corrected chi connectivity index (χ1v) is 4.70. The summed E-state index contributed by atoms with van der Waals surface area (Å²) >= 11 is 1.49. The molecule has 13 heavy (non-hydrogen) atoms. The van der Waals surface area contributed by atoms with Gasteiger partial charge in [0.1, 0.15) is 16.3 Å². The molecular weight excluding hydrogens is 186 g/mol. The summed E-state index contributed by atoms with van der Waals surface area (Å²) in [6.07, 6.45) is 0. The topological polar surface area (TPSA) is 42.4 Å². The van der Waals surface area contributed by atoms with E-state index in [2.05, 4.69) is 4.98 Å². The molecule has 2 aromatic rings. The number of aliphatic hydroxyl groups is 1. The standard InChI is InChI=1S/C9H9NO2S/c1-12-6-3-2-4-7-9(6)10-8(5-11)13-7/h2-4,11H,5H2,1H3. The predicted molar refractivity (Wildman–Crippen MR) is 52.1 cm³/mol. The molecule has 1 aromatic carbocycles. The minimum absolute atomic E-state index is 0.0114. The summed E-state index contributed by atoms with van der Waals surface area (Å²) in [6, 6.07) is 5.75. The SMILES string of the molecule is COc1cccc2sc(CO)nc12. The molecule has 0 aliphatic heterocycles. The molecule has 0 unspecified atom stereocenters. The van der Waals surface area contributed by atoms with Gasteiger partial charge in [-0.15, -0.1) is 11.3 Å². The Morgan fingerprint density at radius 3 is 3.08 bits per heavy atom. The van der Waals surface area contributed by atoms with Gasteiger partial charge in [-0.1, -0.05) is 6.07 Å². The van der Waals surface area contributed by atoms with E-state index in [-0.39, 0.29) is 6.61 Å². The van der Waals surface area contributed by atoms with Crippen molar-refractivity contribution in [3.63, 3.8) is 0 Å². The van der Waals surface area contributed by atoms with Crippen molar-refractivity contribution in [1.82, 2.24) is 4.98 Å². The van der Waals surface area contributed by atoms with Crippen LogP contribution in [0.3, 0.4) is 0 Å². The zero-order valence-corrected chi connectivity index (χ0v) is 7.97. The van der Waals surface area contributed by atoms with Crippen LogP contribution in [0, 0.1) is 0 Å². The Kier molecular flexibility index (Phi) is 2.16. The third-order valence-corrected chi connectivity index (χ3v) is 2.79. The van der Waals surface area contributed by atoms with Crippen LogP contribution in [0.5, 0.6) is 5.75 Å². The second kappa shape index (κ2) is 3.32. The van der Waals surface area contributed by atoms with E-state index in [9.17, 15) is 0 Å². The van der Waals surface area contributed by atoms with Crippen molar-refractivity contribution in [2.75, 3.05) is 7.11 Å². The van der Waals surface area contributed by atoms with Gasteiger partial charge in [0.25, 0.3) is 0 Å². The Morgan fingerprint density at radius 2 is 2.38 bits per heavy atom. The largest absolute Gasteiger partial charge is 0.494 e. The molecule has 3 nitrogen and oxygen atoms in total. The van der Waals surface area contributed by atoms with Crippen LogP contribution in [-0.2, 0) is 6.61 Å². The first kappa shape index (κ1) is 8.47. The van der Waals surface area contributed by atoms with Crippen molar-refractivity contribution >= 4 is 21.6 Å². The van der Waals surface area contributed by atoms with Gasteiger partial charge >= 0.3 is 0 Å². The first-order valence-electron chi connectivity index (χ1n) is 3.88. The lowest BCUT2D eigenvalue weighted by Crippen LogP contribution is -1.84. The zero-order chi connectivity index (χ0) is 9.26.